The van der Waals surface area contributed by atoms with Crippen molar-refractivity contribution >= 4 is 39.8 Å². The fraction of sp³-hybridized carbons (Fsp3) is 0. The Balaban J connectivity index is 1.89. The summed E-state index contributed by atoms with van der Waals surface area (Å²) < 4.78 is 12.0. The number of carbonyl (C=O) groups is 1. The molecule has 0 aliphatic heterocycles. The third-order valence-corrected chi connectivity index (χ3v) is 4.77. The molecule has 1 aromatic carbocycles. The Morgan fingerprint density at radius 1 is 1.17 bits per heavy atom. The Morgan fingerprint density at radius 2 is 1.97 bits per heavy atom. The van der Waals surface area contributed by atoms with Crippen molar-refractivity contribution in [1.82, 2.24) is 14.5 Å². The predicted octanol–water partition coefficient (Wildman–Crippen LogP) is 4.04. The fourth-order valence-corrected chi connectivity index (χ4v) is 3.31. The van der Waals surface area contributed by atoms with Crippen LogP contribution in [0.5, 0.6) is 0 Å². The van der Waals surface area contributed by atoms with E-state index >= 15 is 0 Å². The largest absolute Gasteiger partial charge is 0.464 e. The van der Waals surface area contributed by atoms with Crippen LogP contribution in [0.25, 0.3) is 44.8 Å². The van der Waals surface area contributed by atoms with Gasteiger partial charge in [0, 0.05) is 16.1 Å². The smallest absolute Gasteiger partial charge is 0.327 e. The van der Waals surface area contributed by atoms with Gasteiger partial charge in [-0.3, -0.25) is 4.79 Å². The second-order valence-corrected chi connectivity index (χ2v) is 6.69. The highest BCUT2D eigenvalue weighted by atomic mass is 35.5. The van der Waals surface area contributed by atoms with E-state index in [1.807, 2.05) is 18.2 Å². The van der Waals surface area contributed by atoms with Crippen LogP contribution < -0.4 is 11.3 Å². The Kier molecular flexibility index (Phi) is 3.75. The first-order valence-corrected chi connectivity index (χ1v) is 8.85. The molecule has 4 heterocycles. The van der Waals surface area contributed by atoms with Crippen LogP contribution in [0, 0.1) is 0 Å². The van der Waals surface area contributed by atoms with E-state index in [2.05, 4.69) is 9.97 Å². The molecule has 8 nitrogen and oxygen atoms in total. The third kappa shape index (κ3) is 2.69. The highest BCUT2D eigenvalue weighted by molar-refractivity contribution is 6.30. The zero-order chi connectivity index (χ0) is 20.1. The monoisotopic (exact) mass is 406 g/mol. The maximum absolute atomic E-state index is 12.6. The van der Waals surface area contributed by atoms with E-state index in [4.69, 9.17) is 26.2 Å². The van der Waals surface area contributed by atoms with Crippen molar-refractivity contribution in [3.05, 3.63) is 70.4 Å². The summed E-state index contributed by atoms with van der Waals surface area (Å²) in [4.78, 5) is 32.8. The first-order chi connectivity index (χ1) is 14.0. The zero-order valence-electron chi connectivity index (χ0n) is 14.6. The van der Waals surface area contributed by atoms with E-state index in [1.54, 1.807) is 30.5 Å². The number of furan rings is 2. The third-order valence-electron chi connectivity index (χ3n) is 4.52. The van der Waals surface area contributed by atoms with Crippen molar-refractivity contribution < 1.29 is 13.6 Å². The molecule has 4 aromatic heterocycles. The fourth-order valence-electron chi connectivity index (χ4n) is 3.18. The number of primary amides is 1. The van der Waals surface area contributed by atoms with Gasteiger partial charge in [0.2, 0.25) is 11.3 Å². The molecule has 2 N–H and O–H groups in total. The van der Waals surface area contributed by atoms with Gasteiger partial charge in [-0.15, -0.1) is 0 Å². The lowest BCUT2D eigenvalue weighted by molar-refractivity contribution is 0.249. The van der Waals surface area contributed by atoms with E-state index in [1.165, 1.54) is 0 Å². The number of aromatic nitrogens is 3. The number of amides is 1. The number of halogens is 1. The van der Waals surface area contributed by atoms with Crippen LogP contribution in [-0.4, -0.2) is 20.6 Å². The highest BCUT2D eigenvalue weighted by Crippen LogP contribution is 2.36. The second-order valence-electron chi connectivity index (χ2n) is 6.26. The predicted molar refractivity (Wildman–Crippen MR) is 107 cm³/mol. The van der Waals surface area contributed by atoms with Crippen molar-refractivity contribution in [3.63, 3.8) is 0 Å². The number of pyridine rings is 1. The number of nitrogens with two attached hydrogens (primary N) is 1. The van der Waals surface area contributed by atoms with Gasteiger partial charge in [-0.2, -0.15) is 0 Å². The average molecular weight is 407 g/mol. The number of nitrogens with zero attached hydrogens (tertiary/aromatic N) is 3. The van der Waals surface area contributed by atoms with Gasteiger partial charge in [-0.1, -0.05) is 23.7 Å². The van der Waals surface area contributed by atoms with Gasteiger partial charge in [-0.05, 0) is 30.3 Å². The van der Waals surface area contributed by atoms with Crippen LogP contribution in [0.2, 0.25) is 5.02 Å². The molecule has 1 amide bonds. The van der Waals surface area contributed by atoms with E-state index in [-0.39, 0.29) is 16.8 Å². The van der Waals surface area contributed by atoms with Crippen molar-refractivity contribution in [2.24, 2.45) is 5.73 Å². The molecule has 0 saturated carbocycles. The molecule has 0 fully saturated rings. The van der Waals surface area contributed by atoms with Crippen LogP contribution in [0.15, 0.2) is 68.7 Å². The zero-order valence-corrected chi connectivity index (χ0v) is 15.4. The van der Waals surface area contributed by atoms with E-state index in [0.717, 1.165) is 11.9 Å². The lowest BCUT2D eigenvalue weighted by Gasteiger charge is -2.05. The maximum Gasteiger partial charge on any atom is 0.327 e. The lowest BCUT2D eigenvalue weighted by atomic mass is 10.0. The normalized spacial score (nSPS) is 11.3. The summed E-state index contributed by atoms with van der Waals surface area (Å²) in [6, 6.07) is 11.5. The van der Waals surface area contributed by atoms with Crippen LogP contribution >= 0.6 is 11.6 Å². The van der Waals surface area contributed by atoms with Gasteiger partial charge >= 0.3 is 11.6 Å². The van der Waals surface area contributed by atoms with Gasteiger partial charge in [-0.25, -0.2) is 19.3 Å². The molecular weight excluding hydrogens is 396 g/mol. The van der Waals surface area contributed by atoms with E-state index in [9.17, 15) is 9.59 Å². The Morgan fingerprint density at radius 3 is 2.66 bits per heavy atom. The maximum atomic E-state index is 12.6. The summed E-state index contributed by atoms with van der Waals surface area (Å²) in [7, 11) is 0. The summed E-state index contributed by atoms with van der Waals surface area (Å²) in [5.41, 5.74) is 6.88. The van der Waals surface area contributed by atoms with Crippen LogP contribution in [0.4, 0.5) is 4.79 Å². The molecule has 0 saturated heterocycles. The first-order valence-electron chi connectivity index (χ1n) is 8.47. The summed E-state index contributed by atoms with van der Waals surface area (Å²) >= 11 is 5.98. The number of carbonyl (C=O) groups excluding carboxylic acids is 1. The van der Waals surface area contributed by atoms with Crippen LogP contribution in [0.3, 0.4) is 0 Å². The topological polar surface area (TPSA) is 117 Å². The van der Waals surface area contributed by atoms with E-state index in [0.29, 0.717) is 32.0 Å². The van der Waals surface area contributed by atoms with Gasteiger partial charge in [0.15, 0.2) is 0 Å². The minimum Gasteiger partial charge on any atom is -0.464 e. The van der Waals surface area contributed by atoms with Gasteiger partial charge < -0.3 is 14.6 Å². The molecule has 0 spiro atoms. The first kappa shape index (κ1) is 17.2. The molecule has 0 unspecified atom stereocenters. The molecule has 0 aliphatic rings. The quantitative estimate of drug-likeness (QED) is 0.472. The van der Waals surface area contributed by atoms with E-state index < -0.39 is 11.6 Å². The van der Waals surface area contributed by atoms with Crippen LogP contribution in [0.1, 0.15) is 0 Å². The molecule has 0 radical (unpaired) electrons. The summed E-state index contributed by atoms with van der Waals surface area (Å²) in [5.74, 6) is 0.552. The number of fused-ring (bicyclic) bond motifs is 3. The molecular formula is C20H11ClN4O4. The lowest BCUT2D eigenvalue weighted by Crippen LogP contribution is -2.31. The van der Waals surface area contributed by atoms with Crippen molar-refractivity contribution in [2.75, 3.05) is 0 Å². The molecule has 0 aliphatic carbocycles. The molecule has 0 bridgehead atoms. The van der Waals surface area contributed by atoms with Crippen molar-refractivity contribution in [3.8, 4) is 22.6 Å². The highest BCUT2D eigenvalue weighted by Gasteiger charge is 2.22. The second kappa shape index (κ2) is 6.32. The van der Waals surface area contributed by atoms with Crippen molar-refractivity contribution in [1.29, 1.82) is 0 Å². The minimum atomic E-state index is -0.953. The summed E-state index contributed by atoms with van der Waals surface area (Å²) in [6.07, 6.45) is 2.61. The Bertz CT molecular complexity index is 1450. The van der Waals surface area contributed by atoms with Gasteiger partial charge in [0.25, 0.3) is 0 Å². The molecule has 9 heteroatoms. The number of hydrogen-bond acceptors (Lipinski definition) is 6. The van der Waals surface area contributed by atoms with Crippen LogP contribution in [-0.2, 0) is 0 Å². The molecule has 0 atom stereocenters. The standard InChI is InChI=1S/C20H11ClN4O4/c21-11-5-3-10(4-6-11)13-8-12(14-2-1-7-28-14)15-16-17(29-18(15)24-13)19(26)25(9-23-16)20(22)27/h1-9H,(H2,22,27). The number of hydrogen-bond donors (Lipinski definition) is 1. The number of rotatable bonds is 2. The summed E-state index contributed by atoms with van der Waals surface area (Å²) in [6.45, 7) is 0. The number of benzene rings is 1. The van der Waals surface area contributed by atoms with Gasteiger partial charge in [0.05, 0.1) is 17.3 Å². The van der Waals surface area contributed by atoms with Crippen molar-refractivity contribution in [2.45, 2.75) is 0 Å². The average Bonchev–Trinajstić information content (AvgIpc) is 3.36. The summed E-state index contributed by atoms with van der Waals surface area (Å²) in [5, 5.41) is 1.10. The molecule has 29 heavy (non-hydrogen) atoms. The Hall–Kier alpha value is -3.91. The minimum absolute atomic E-state index is 0.116. The SMILES string of the molecule is NC(=O)n1cnc2c(oc3nc(-c4ccc(Cl)cc4)cc(-c4ccco4)c32)c1=O. The molecule has 142 valence electrons. The Labute approximate surface area is 167 Å². The molecule has 5 aromatic rings. The van der Waals surface area contributed by atoms with Gasteiger partial charge in [0.1, 0.15) is 17.6 Å². The molecule has 5 rings (SSSR count).